The van der Waals surface area contributed by atoms with E-state index in [0.717, 1.165) is 6.07 Å². The van der Waals surface area contributed by atoms with E-state index in [2.05, 4.69) is 26.0 Å². The Morgan fingerprint density at radius 3 is 2.65 bits per heavy atom. The van der Waals surface area contributed by atoms with Crippen molar-refractivity contribution in [2.24, 2.45) is 5.73 Å². The van der Waals surface area contributed by atoms with E-state index in [1.54, 1.807) is 18.2 Å². The first-order chi connectivity index (χ1) is 10.9. The van der Waals surface area contributed by atoms with E-state index in [0.29, 0.717) is 10.0 Å². The summed E-state index contributed by atoms with van der Waals surface area (Å²) in [5.41, 5.74) is 5.44. The lowest BCUT2D eigenvalue weighted by Crippen LogP contribution is -2.17. The lowest BCUT2D eigenvalue weighted by molar-refractivity contribution is -0.0504. The van der Waals surface area contributed by atoms with Gasteiger partial charge in [0.05, 0.1) is 11.3 Å². The van der Waals surface area contributed by atoms with E-state index in [1.807, 2.05) is 0 Å². The number of ether oxygens (including phenoxy) is 1. The molecule has 0 unspecified atom stereocenters. The molecule has 0 aliphatic carbocycles. The predicted molar refractivity (Wildman–Crippen MR) is 83.0 cm³/mol. The molecular formula is C15H12BrF3N2O2. The third-order valence-electron chi connectivity index (χ3n) is 2.96. The van der Waals surface area contributed by atoms with Crippen molar-refractivity contribution in [1.82, 2.24) is 0 Å². The highest BCUT2D eigenvalue weighted by atomic mass is 79.9. The van der Waals surface area contributed by atoms with Crippen molar-refractivity contribution in [2.45, 2.75) is 13.2 Å². The van der Waals surface area contributed by atoms with Gasteiger partial charge in [-0.3, -0.25) is 4.79 Å². The minimum atomic E-state index is -2.96. The summed E-state index contributed by atoms with van der Waals surface area (Å²) >= 11 is 3.11. The number of hydrogen-bond donors (Lipinski definition) is 2. The summed E-state index contributed by atoms with van der Waals surface area (Å²) in [4.78, 5) is 11.4. The molecule has 122 valence electrons. The smallest absolute Gasteiger partial charge is 0.387 e. The molecule has 0 radical (unpaired) electrons. The molecule has 23 heavy (non-hydrogen) atoms. The van der Waals surface area contributed by atoms with Crippen LogP contribution in [0.2, 0.25) is 0 Å². The molecule has 1 amide bonds. The van der Waals surface area contributed by atoms with Crippen LogP contribution in [0, 0.1) is 5.82 Å². The van der Waals surface area contributed by atoms with Gasteiger partial charge in [0.25, 0.3) is 5.91 Å². The van der Waals surface area contributed by atoms with Gasteiger partial charge in [-0.05, 0) is 18.2 Å². The van der Waals surface area contributed by atoms with Crippen molar-refractivity contribution >= 4 is 27.5 Å². The number of rotatable bonds is 6. The number of hydrogen-bond acceptors (Lipinski definition) is 3. The van der Waals surface area contributed by atoms with E-state index in [4.69, 9.17) is 5.73 Å². The van der Waals surface area contributed by atoms with E-state index in [9.17, 15) is 18.0 Å². The first-order valence-corrected chi connectivity index (χ1v) is 7.23. The maximum absolute atomic E-state index is 13.8. The third-order valence-corrected chi connectivity index (χ3v) is 3.42. The molecule has 0 bridgehead atoms. The third kappa shape index (κ3) is 4.38. The van der Waals surface area contributed by atoms with Crippen molar-refractivity contribution in [3.8, 4) is 5.75 Å². The van der Waals surface area contributed by atoms with Crippen LogP contribution in [0.15, 0.2) is 40.9 Å². The Balaban J connectivity index is 2.27. The summed E-state index contributed by atoms with van der Waals surface area (Å²) < 4.78 is 43.4. The molecule has 0 aliphatic rings. The van der Waals surface area contributed by atoms with E-state index < -0.39 is 18.3 Å². The number of primary amides is 1. The van der Waals surface area contributed by atoms with E-state index in [-0.39, 0.29) is 23.5 Å². The molecule has 0 fully saturated rings. The van der Waals surface area contributed by atoms with E-state index >= 15 is 0 Å². The molecule has 3 N–H and O–H groups in total. The molecule has 0 saturated heterocycles. The first-order valence-electron chi connectivity index (χ1n) is 6.44. The standard InChI is InChI=1S/C15H12BrF3N2O2/c16-9-5-10(17)13(14(20)22)11(6-9)21-7-8-3-1-2-4-12(8)23-15(18)19/h1-6,15,21H,7H2,(H2,20,22). The number of halogens is 4. The summed E-state index contributed by atoms with van der Waals surface area (Å²) in [6.45, 7) is -2.92. The van der Waals surface area contributed by atoms with Crippen molar-refractivity contribution in [2.75, 3.05) is 5.32 Å². The van der Waals surface area contributed by atoms with Crippen LogP contribution in [0.25, 0.3) is 0 Å². The summed E-state index contributed by atoms with van der Waals surface area (Å²) in [6, 6.07) is 8.74. The summed E-state index contributed by atoms with van der Waals surface area (Å²) in [6.07, 6.45) is 0. The van der Waals surface area contributed by atoms with Crippen LogP contribution in [-0.2, 0) is 6.54 Å². The number of benzene rings is 2. The Morgan fingerprint density at radius 2 is 2.00 bits per heavy atom. The zero-order chi connectivity index (χ0) is 17.0. The number of alkyl halides is 2. The van der Waals surface area contributed by atoms with Crippen LogP contribution in [0.3, 0.4) is 0 Å². The van der Waals surface area contributed by atoms with Crippen LogP contribution < -0.4 is 15.8 Å². The number of nitrogens with one attached hydrogen (secondary N) is 1. The summed E-state index contributed by atoms with van der Waals surface area (Å²) in [5.74, 6) is -1.73. The molecule has 4 nitrogen and oxygen atoms in total. The average Bonchev–Trinajstić information content (AvgIpc) is 2.44. The van der Waals surface area contributed by atoms with Gasteiger partial charge >= 0.3 is 6.61 Å². The SMILES string of the molecule is NC(=O)c1c(F)cc(Br)cc1NCc1ccccc1OC(F)F. The molecule has 2 aromatic carbocycles. The Hall–Kier alpha value is -2.22. The largest absolute Gasteiger partial charge is 0.434 e. The van der Waals surface area contributed by atoms with Crippen LogP contribution in [-0.4, -0.2) is 12.5 Å². The monoisotopic (exact) mass is 388 g/mol. The minimum absolute atomic E-state index is 0.00825. The van der Waals surface area contributed by atoms with Crippen molar-refractivity contribution in [3.63, 3.8) is 0 Å². The molecule has 0 atom stereocenters. The second-order valence-electron chi connectivity index (χ2n) is 4.51. The fourth-order valence-electron chi connectivity index (χ4n) is 2.01. The lowest BCUT2D eigenvalue weighted by Gasteiger charge is -2.14. The number of nitrogens with two attached hydrogens (primary N) is 1. The Morgan fingerprint density at radius 1 is 1.30 bits per heavy atom. The highest BCUT2D eigenvalue weighted by Crippen LogP contribution is 2.27. The maximum atomic E-state index is 13.8. The fraction of sp³-hybridized carbons (Fsp3) is 0.133. The van der Waals surface area contributed by atoms with Gasteiger partial charge in [0, 0.05) is 16.6 Å². The molecule has 2 rings (SSSR count). The van der Waals surface area contributed by atoms with Gasteiger partial charge in [-0.15, -0.1) is 0 Å². The second kappa shape index (κ2) is 7.36. The topological polar surface area (TPSA) is 64.4 Å². The molecular weight excluding hydrogens is 377 g/mol. The van der Waals surface area contributed by atoms with Gasteiger partial charge in [-0.2, -0.15) is 8.78 Å². The minimum Gasteiger partial charge on any atom is -0.434 e. The zero-order valence-corrected chi connectivity index (χ0v) is 13.2. The molecule has 8 heteroatoms. The average molecular weight is 389 g/mol. The van der Waals surface area contributed by atoms with E-state index in [1.165, 1.54) is 12.1 Å². The summed E-state index contributed by atoms with van der Waals surface area (Å²) in [5, 5.41) is 2.81. The Bertz CT molecular complexity index is 726. The van der Waals surface area contributed by atoms with Gasteiger partial charge < -0.3 is 15.8 Å². The van der Waals surface area contributed by atoms with Crippen LogP contribution >= 0.6 is 15.9 Å². The Kier molecular flexibility index (Phi) is 5.49. The normalized spacial score (nSPS) is 10.7. The van der Waals surface area contributed by atoms with Gasteiger partial charge in [0.2, 0.25) is 0 Å². The van der Waals surface area contributed by atoms with Crippen molar-refractivity contribution in [3.05, 3.63) is 57.8 Å². The maximum Gasteiger partial charge on any atom is 0.387 e. The molecule has 2 aromatic rings. The number of amides is 1. The molecule has 0 heterocycles. The van der Waals surface area contributed by atoms with Crippen LogP contribution in [0.1, 0.15) is 15.9 Å². The van der Waals surface area contributed by atoms with Crippen molar-refractivity contribution in [1.29, 1.82) is 0 Å². The van der Waals surface area contributed by atoms with Crippen LogP contribution in [0.4, 0.5) is 18.9 Å². The number of para-hydroxylation sites is 1. The van der Waals surface area contributed by atoms with Gasteiger partial charge in [0.15, 0.2) is 0 Å². The van der Waals surface area contributed by atoms with Gasteiger partial charge in [0.1, 0.15) is 11.6 Å². The highest BCUT2D eigenvalue weighted by Gasteiger charge is 2.16. The number of anilines is 1. The molecule has 0 saturated carbocycles. The van der Waals surface area contributed by atoms with Gasteiger partial charge in [-0.25, -0.2) is 4.39 Å². The van der Waals surface area contributed by atoms with Crippen molar-refractivity contribution < 1.29 is 22.7 Å². The fourth-order valence-corrected chi connectivity index (χ4v) is 2.44. The number of carbonyl (C=O) groups excluding carboxylic acids is 1. The second-order valence-corrected chi connectivity index (χ2v) is 5.43. The zero-order valence-electron chi connectivity index (χ0n) is 11.7. The quantitative estimate of drug-likeness (QED) is 0.788. The molecule has 0 spiro atoms. The lowest BCUT2D eigenvalue weighted by atomic mass is 10.1. The molecule has 0 aromatic heterocycles. The van der Waals surface area contributed by atoms with Gasteiger partial charge in [-0.1, -0.05) is 34.1 Å². The molecule has 0 aliphatic heterocycles. The van der Waals surface area contributed by atoms with Crippen LogP contribution in [0.5, 0.6) is 5.75 Å². The summed E-state index contributed by atoms with van der Waals surface area (Å²) in [7, 11) is 0. The number of carbonyl (C=O) groups is 1. The highest BCUT2D eigenvalue weighted by molar-refractivity contribution is 9.10. The first kappa shape index (κ1) is 17.1. The predicted octanol–water partition coefficient (Wildman–Crippen LogP) is 3.90. The Labute approximate surface area is 138 Å².